The van der Waals surface area contributed by atoms with E-state index in [1.165, 1.54) is 70.9 Å². The third-order valence-corrected chi connectivity index (χ3v) is 10.3. The molecule has 9 rings (SSSR count). The summed E-state index contributed by atoms with van der Waals surface area (Å²) in [6, 6.07) is 68.1. The summed E-state index contributed by atoms with van der Waals surface area (Å²) in [6.07, 6.45) is 10.8. The molecule has 0 aliphatic carbocycles. The average Bonchev–Trinajstić information content (AvgIpc) is 3.24. The van der Waals surface area contributed by atoms with E-state index in [2.05, 4.69) is 230 Å². The lowest BCUT2D eigenvalue weighted by atomic mass is 9.93. The minimum atomic E-state index is 1.07. The summed E-state index contributed by atoms with van der Waals surface area (Å²) >= 11 is 0. The van der Waals surface area contributed by atoms with Crippen molar-refractivity contribution in [2.24, 2.45) is 0 Å². The van der Waals surface area contributed by atoms with E-state index in [0.717, 1.165) is 17.1 Å². The van der Waals surface area contributed by atoms with Crippen LogP contribution in [0, 0.1) is 0 Å². The molecule has 1 nitrogen and oxygen atoms in total. The SMILES string of the molecule is C\C=C/C(=C\C=C\c1ccc2ccccc2c1)N(c1ccc(-c2ccc3ccccc3c2)cc1)c1ccc(-c2cc3ccccc3c3ccccc23)cc1. The second-order valence-electron chi connectivity index (χ2n) is 13.7. The van der Waals surface area contributed by atoms with Crippen LogP contribution in [0.2, 0.25) is 0 Å². The summed E-state index contributed by atoms with van der Waals surface area (Å²) < 4.78 is 0. The zero-order valence-corrected chi connectivity index (χ0v) is 30.2. The smallest absolute Gasteiger partial charge is 0.0462 e. The van der Waals surface area contributed by atoms with Crippen molar-refractivity contribution in [2.45, 2.75) is 6.92 Å². The first-order valence-corrected chi connectivity index (χ1v) is 18.6. The van der Waals surface area contributed by atoms with Crippen molar-refractivity contribution in [2.75, 3.05) is 4.90 Å². The van der Waals surface area contributed by atoms with E-state index in [9.17, 15) is 0 Å². The maximum absolute atomic E-state index is 2.34. The maximum atomic E-state index is 2.34. The first-order valence-electron chi connectivity index (χ1n) is 18.6. The van der Waals surface area contributed by atoms with Gasteiger partial charge in [-0.05, 0) is 132 Å². The predicted molar refractivity (Wildman–Crippen MR) is 234 cm³/mol. The molecule has 0 unspecified atom stereocenters. The van der Waals surface area contributed by atoms with E-state index < -0.39 is 0 Å². The van der Waals surface area contributed by atoms with Crippen molar-refractivity contribution in [1.29, 1.82) is 0 Å². The molecular formula is C53H39N. The van der Waals surface area contributed by atoms with Crippen molar-refractivity contribution in [3.05, 3.63) is 224 Å². The second kappa shape index (κ2) is 14.6. The van der Waals surface area contributed by atoms with Crippen molar-refractivity contribution in [3.63, 3.8) is 0 Å². The van der Waals surface area contributed by atoms with E-state index in [1.807, 2.05) is 0 Å². The molecule has 54 heavy (non-hydrogen) atoms. The maximum Gasteiger partial charge on any atom is 0.0462 e. The first kappa shape index (κ1) is 32.9. The molecular weight excluding hydrogens is 651 g/mol. The normalized spacial score (nSPS) is 12.1. The Kier molecular flexibility index (Phi) is 8.89. The van der Waals surface area contributed by atoms with Crippen LogP contribution in [0.1, 0.15) is 12.5 Å². The largest absolute Gasteiger partial charge is 0.311 e. The van der Waals surface area contributed by atoms with Crippen LogP contribution in [0.25, 0.3) is 71.4 Å². The summed E-state index contributed by atoms with van der Waals surface area (Å²) in [5.74, 6) is 0. The molecule has 9 aromatic carbocycles. The van der Waals surface area contributed by atoms with Gasteiger partial charge in [-0.15, -0.1) is 0 Å². The average molecular weight is 690 g/mol. The van der Waals surface area contributed by atoms with E-state index in [0.29, 0.717) is 0 Å². The summed E-state index contributed by atoms with van der Waals surface area (Å²) in [7, 11) is 0. The van der Waals surface area contributed by atoms with Gasteiger partial charge in [-0.2, -0.15) is 0 Å². The standard InChI is InChI=1S/C53H39N/c1-2-12-47(19-11-13-38-23-24-39-14-3-5-16-43(39)35-38)54(48-31-27-41(28-32-48)45-26-25-40-15-4-6-17-44(40)36-45)49-33-29-42(30-34-49)53-37-46-18-7-8-20-50(46)51-21-9-10-22-52(51)53/h2-37H,1H3/b12-2-,13-11+,47-19+. The molecule has 0 saturated carbocycles. The number of hydrogen-bond donors (Lipinski definition) is 0. The second-order valence-corrected chi connectivity index (χ2v) is 13.7. The van der Waals surface area contributed by atoms with E-state index in [-0.39, 0.29) is 0 Å². The molecule has 1 heteroatoms. The number of allylic oxidation sites excluding steroid dienone is 4. The topological polar surface area (TPSA) is 3.24 Å². The van der Waals surface area contributed by atoms with Gasteiger partial charge < -0.3 is 4.90 Å². The van der Waals surface area contributed by atoms with Crippen LogP contribution >= 0.6 is 0 Å². The van der Waals surface area contributed by atoms with Crippen molar-refractivity contribution in [1.82, 2.24) is 0 Å². The quantitative estimate of drug-likeness (QED) is 0.113. The highest BCUT2D eigenvalue weighted by atomic mass is 15.1. The Labute approximate surface area is 317 Å². The number of anilines is 2. The Morgan fingerprint density at radius 2 is 0.963 bits per heavy atom. The van der Waals surface area contributed by atoms with Crippen molar-refractivity contribution < 1.29 is 0 Å². The fourth-order valence-corrected chi connectivity index (χ4v) is 7.65. The van der Waals surface area contributed by atoms with E-state index in [1.54, 1.807) is 0 Å². The molecule has 0 aliphatic heterocycles. The van der Waals surface area contributed by atoms with Crippen LogP contribution in [0.15, 0.2) is 218 Å². The molecule has 0 radical (unpaired) electrons. The number of hydrogen-bond acceptors (Lipinski definition) is 1. The van der Waals surface area contributed by atoms with Gasteiger partial charge in [0, 0.05) is 17.1 Å². The zero-order valence-electron chi connectivity index (χ0n) is 30.2. The van der Waals surface area contributed by atoms with Gasteiger partial charge in [-0.3, -0.25) is 0 Å². The molecule has 0 fully saturated rings. The molecule has 0 bridgehead atoms. The number of fused-ring (bicyclic) bond motifs is 5. The third-order valence-electron chi connectivity index (χ3n) is 10.3. The molecule has 0 N–H and O–H groups in total. The summed E-state index contributed by atoms with van der Waals surface area (Å²) in [5.41, 5.74) is 9.25. The molecule has 0 heterocycles. The number of rotatable bonds is 8. The molecule has 0 aromatic heterocycles. The van der Waals surface area contributed by atoms with Crippen molar-refractivity contribution in [3.8, 4) is 22.3 Å². The van der Waals surface area contributed by atoms with Crippen LogP contribution < -0.4 is 4.90 Å². The van der Waals surface area contributed by atoms with Gasteiger partial charge in [0.15, 0.2) is 0 Å². The Morgan fingerprint density at radius 1 is 0.426 bits per heavy atom. The van der Waals surface area contributed by atoms with Gasteiger partial charge in [-0.25, -0.2) is 0 Å². The van der Waals surface area contributed by atoms with Gasteiger partial charge in [0.05, 0.1) is 0 Å². The highest BCUT2D eigenvalue weighted by molar-refractivity contribution is 6.13. The Morgan fingerprint density at radius 3 is 1.65 bits per heavy atom. The molecule has 0 spiro atoms. The van der Waals surface area contributed by atoms with Crippen LogP contribution in [-0.4, -0.2) is 0 Å². The molecule has 0 amide bonds. The van der Waals surface area contributed by atoms with Gasteiger partial charge in [-0.1, -0.05) is 164 Å². The number of nitrogens with zero attached hydrogens (tertiary/aromatic N) is 1. The molecule has 0 saturated heterocycles. The Hall–Kier alpha value is -6.96. The molecule has 9 aromatic rings. The van der Waals surface area contributed by atoms with E-state index >= 15 is 0 Å². The predicted octanol–water partition coefficient (Wildman–Crippen LogP) is 14.9. The minimum Gasteiger partial charge on any atom is -0.311 e. The minimum absolute atomic E-state index is 1.07. The monoisotopic (exact) mass is 689 g/mol. The molecule has 0 aliphatic rings. The highest BCUT2D eigenvalue weighted by Gasteiger charge is 2.15. The van der Waals surface area contributed by atoms with E-state index in [4.69, 9.17) is 0 Å². The first-order chi connectivity index (χ1) is 26.7. The lowest BCUT2D eigenvalue weighted by Crippen LogP contribution is -2.15. The fourth-order valence-electron chi connectivity index (χ4n) is 7.65. The summed E-state index contributed by atoms with van der Waals surface area (Å²) in [6.45, 7) is 2.08. The lowest BCUT2D eigenvalue weighted by molar-refractivity contribution is 1.21. The van der Waals surface area contributed by atoms with Gasteiger partial charge in [0.2, 0.25) is 0 Å². The molecule has 0 atom stereocenters. The van der Waals surface area contributed by atoms with Crippen molar-refractivity contribution >= 4 is 60.5 Å². The Bertz CT molecular complexity index is 2870. The Balaban J connectivity index is 1.12. The van der Waals surface area contributed by atoms with Crippen LogP contribution in [0.5, 0.6) is 0 Å². The van der Waals surface area contributed by atoms with Crippen LogP contribution in [-0.2, 0) is 0 Å². The van der Waals surface area contributed by atoms with Gasteiger partial charge >= 0.3 is 0 Å². The lowest BCUT2D eigenvalue weighted by Gasteiger charge is -2.27. The zero-order chi connectivity index (χ0) is 36.3. The van der Waals surface area contributed by atoms with Gasteiger partial charge in [0.1, 0.15) is 0 Å². The fraction of sp³-hybridized carbons (Fsp3) is 0.0189. The summed E-state index contributed by atoms with van der Waals surface area (Å²) in [4.78, 5) is 2.34. The van der Waals surface area contributed by atoms with Gasteiger partial charge in [0.25, 0.3) is 0 Å². The summed E-state index contributed by atoms with van der Waals surface area (Å²) in [5, 5.41) is 10.1. The highest BCUT2D eigenvalue weighted by Crippen LogP contribution is 2.38. The number of benzene rings is 9. The third kappa shape index (κ3) is 6.49. The van der Waals surface area contributed by atoms with Crippen LogP contribution in [0.4, 0.5) is 11.4 Å². The van der Waals surface area contributed by atoms with Crippen LogP contribution in [0.3, 0.4) is 0 Å². The molecule has 256 valence electrons.